The van der Waals surface area contributed by atoms with E-state index in [-0.39, 0.29) is 23.0 Å². The van der Waals surface area contributed by atoms with Crippen LogP contribution in [0, 0.1) is 0 Å². The summed E-state index contributed by atoms with van der Waals surface area (Å²) in [6.07, 6.45) is 7.11. The Morgan fingerprint density at radius 3 is 2.69 bits per heavy atom. The number of carbonyl (C=O) groups excluding carboxylic acids is 1. The number of rotatable bonds is 5. The Labute approximate surface area is 156 Å². The number of hydrogen-bond acceptors (Lipinski definition) is 3. The van der Waals surface area contributed by atoms with Gasteiger partial charge in [-0.3, -0.25) is 4.90 Å². The molecule has 0 radical (unpaired) electrons. The molecule has 1 heterocycles. The molecular formula is C19H29N3O3S. The van der Waals surface area contributed by atoms with E-state index in [4.69, 9.17) is 0 Å². The monoisotopic (exact) mass is 379 g/mol. The summed E-state index contributed by atoms with van der Waals surface area (Å²) in [4.78, 5) is 14.6. The van der Waals surface area contributed by atoms with Crippen LogP contribution in [0.2, 0.25) is 0 Å². The number of nitrogens with zero attached hydrogens (tertiary/aromatic N) is 1. The second-order valence-corrected chi connectivity index (χ2v) is 9.12. The van der Waals surface area contributed by atoms with Crippen molar-refractivity contribution < 1.29 is 13.2 Å². The minimum Gasteiger partial charge on any atom is -0.335 e. The first-order chi connectivity index (χ1) is 12.4. The van der Waals surface area contributed by atoms with Crippen LogP contribution in [0.15, 0.2) is 23.1 Å². The summed E-state index contributed by atoms with van der Waals surface area (Å²) in [5, 5.41) is 3.14. The molecule has 1 aliphatic carbocycles. The molecule has 0 aromatic heterocycles. The lowest BCUT2D eigenvalue weighted by atomic mass is 9.96. The van der Waals surface area contributed by atoms with Crippen molar-refractivity contribution in [2.75, 3.05) is 11.4 Å². The molecule has 1 unspecified atom stereocenters. The number of anilines is 1. The first kappa shape index (κ1) is 19.2. The highest BCUT2D eigenvalue weighted by molar-refractivity contribution is 7.89. The number of fused-ring (bicyclic) bond motifs is 1. The quantitative estimate of drug-likeness (QED) is 0.825. The topological polar surface area (TPSA) is 78.5 Å². The largest absolute Gasteiger partial charge is 0.335 e. The van der Waals surface area contributed by atoms with E-state index in [1.54, 1.807) is 23.1 Å². The second-order valence-electron chi connectivity index (χ2n) is 7.41. The van der Waals surface area contributed by atoms with E-state index in [1.165, 1.54) is 19.3 Å². The van der Waals surface area contributed by atoms with Crippen LogP contribution < -0.4 is 14.9 Å². The molecule has 2 aliphatic rings. The summed E-state index contributed by atoms with van der Waals surface area (Å²) in [5.74, 6) is 0. The summed E-state index contributed by atoms with van der Waals surface area (Å²) < 4.78 is 27.6. The molecule has 6 nitrogen and oxygen atoms in total. The fourth-order valence-electron chi connectivity index (χ4n) is 3.67. The average Bonchev–Trinajstić information content (AvgIpc) is 3.05. The number of carbonyl (C=O) groups is 1. The normalized spacial score (nSPS) is 19.2. The minimum absolute atomic E-state index is 0.0658. The molecule has 0 bridgehead atoms. The Bertz CT molecular complexity index is 757. The second kappa shape index (κ2) is 7.96. The van der Waals surface area contributed by atoms with Crippen molar-refractivity contribution >= 4 is 21.7 Å². The minimum atomic E-state index is -3.52. The zero-order chi connectivity index (χ0) is 18.7. The molecule has 144 valence electrons. The fraction of sp³-hybridized carbons (Fsp3) is 0.632. The van der Waals surface area contributed by atoms with Crippen LogP contribution in [0.1, 0.15) is 57.9 Å². The molecule has 1 atom stereocenters. The highest BCUT2D eigenvalue weighted by atomic mass is 32.2. The molecule has 7 heteroatoms. The van der Waals surface area contributed by atoms with Crippen molar-refractivity contribution in [3.63, 3.8) is 0 Å². The van der Waals surface area contributed by atoms with Gasteiger partial charge < -0.3 is 5.32 Å². The Kier molecular flexibility index (Phi) is 5.87. The lowest BCUT2D eigenvalue weighted by Gasteiger charge is -2.26. The van der Waals surface area contributed by atoms with Gasteiger partial charge in [0.25, 0.3) is 0 Å². The zero-order valence-electron chi connectivity index (χ0n) is 15.6. The molecule has 3 rings (SSSR count). The van der Waals surface area contributed by atoms with Crippen LogP contribution in [-0.2, 0) is 16.4 Å². The van der Waals surface area contributed by atoms with Gasteiger partial charge in [0.1, 0.15) is 0 Å². The number of urea groups is 1. The van der Waals surface area contributed by atoms with Gasteiger partial charge in [-0.2, -0.15) is 0 Å². The van der Waals surface area contributed by atoms with Gasteiger partial charge >= 0.3 is 6.03 Å². The zero-order valence-corrected chi connectivity index (χ0v) is 16.4. The van der Waals surface area contributed by atoms with E-state index < -0.39 is 10.0 Å². The van der Waals surface area contributed by atoms with Gasteiger partial charge in [-0.25, -0.2) is 17.9 Å². The van der Waals surface area contributed by atoms with E-state index in [2.05, 4.69) is 10.0 Å². The predicted octanol–water partition coefficient (Wildman–Crippen LogP) is 3.17. The third-order valence-corrected chi connectivity index (χ3v) is 6.99. The first-order valence-corrected chi connectivity index (χ1v) is 11.1. The van der Waals surface area contributed by atoms with Crippen LogP contribution in [0.5, 0.6) is 0 Å². The molecule has 1 aliphatic heterocycles. The van der Waals surface area contributed by atoms with E-state index in [0.717, 1.165) is 30.5 Å². The van der Waals surface area contributed by atoms with E-state index in [9.17, 15) is 13.2 Å². The lowest BCUT2D eigenvalue weighted by molar-refractivity contribution is 0.238. The maximum Gasteiger partial charge on any atom is 0.322 e. The molecule has 26 heavy (non-hydrogen) atoms. The maximum absolute atomic E-state index is 12.6. The summed E-state index contributed by atoms with van der Waals surface area (Å²) in [5.41, 5.74) is 1.73. The average molecular weight is 380 g/mol. The number of hydrogen-bond donors (Lipinski definition) is 2. The predicted molar refractivity (Wildman–Crippen MR) is 103 cm³/mol. The van der Waals surface area contributed by atoms with Gasteiger partial charge in [0.15, 0.2) is 0 Å². The maximum atomic E-state index is 12.6. The molecule has 1 saturated carbocycles. The number of amides is 2. The SMILES string of the molecule is CCC(C)NS(=O)(=O)c1ccc2c(c1)CCN2C(=O)NC1CCCCC1. The van der Waals surface area contributed by atoms with Crippen LogP contribution in [0.25, 0.3) is 0 Å². The van der Waals surface area contributed by atoms with Gasteiger partial charge in [0, 0.05) is 24.3 Å². The first-order valence-electron chi connectivity index (χ1n) is 9.64. The Balaban J connectivity index is 1.72. The summed E-state index contributed by atoms with van der Waals surface area (Å²) in [6, 6.07) is 5.15. The lowest BCUT2D eigenvalue weighted by Crippen LogP contribution is -2.45. The van der Waals surface area contributed by atoms with Crippen molar-refractivity contribution in [2.45, 2.75) is 75.8 Å². The smallest absolute Gasteiger partial charge is 0.322 e. The molecule has 0 saturated heterocycles. The van der Waals surface area contributed by atoms with Crippen molar-refractivity contribution in [3.05, 3.63) is 23.8 Å². The molecule has 1 aromatic rings. The van der Waals surface area contributed by atoms with Crippen LogP contribution in [0.4, 0.5) is 10.5 Å². The van der Waals surface area contributed by atoms with E-state index >= 15 is 0 Å². The van der Waals surface area contributed by atoms with Gasteiger partial charge in [-0.15, -0.1) is 0 Å². The van der Waals surface area contributed by atoms with Gasteiger partial charge in [-0.05, 0) is 56.4 Å². The highest BCUT2D eigenvalue weighted by Crippen LogP contribution is 2.30. The van der Waals surface area contributed by atoms with E-state index in [1.807, 2.05) is 13.8 Å². The molecule has 1 aromatic carbocycles. The van der Waals surface area contributed by atoms with Crippen molar-refractivity contribution in [2.24, 2.45) is 0 Å². The third kappa shape index (κ3) is 4.20. The molecular weight excluding hydrogens is 350 g/mol. The number of nitrogens with one attached hydrogen (secondary N) is 2. The summed E-state index contributed by atoms with van der Waals surface area (Å²) in [6.45, 7) is 4.39. The van der Waals surface area contributed by atoms with Gasteiger partial charge in [0.2, 0.25) is 10.0 Å². The Morgan fingerprint density at radius 2 is 2.00 bits per heavy atom. The summed E-state index contributed by atoms with van der Waals surface area (Å²) in [7, 11) is -3.52. The van der Waals surface area contributed by atoms with Crippen molar-refractivity contribution in [1.82, 2.24) is 10.0 Å². The fourth-order valence-corrected chi connectivity index (χ4v) is 5.05. The van der Waals surface area contributed by atoms with E-state index in [0.29, 0.717) is 13.0 Å². The standard InChI is InChI=1S/C19H29N3O3S/c1-3-14(2)21-26(24,25)17-9-10-18-15(13-17)11-12-22(18)19(23)20-16-7-5-4-6-8-16/h9-10,13-14,16,21H,3-8,11-12H2,1-2H3,(H,20,23). The Morgan fingerprint density at radius 1 is 1.27 bits per heavy atom. The van der Waals surface area contributed by atoms with Crippen LogP contribution >= 0.6 is 0 Å². The molecule has 0 spiro atoms. The number of benzene rings is 1. The van der Waals surface area contributed by atoms with Crippen LogP contribution in [0.3, 0.4) is 0 Å². The third-order valence-electron chi connectivity index (χ3n) is 5.40. The highest BCUT2D eigenvalue weighted by Gasteiger charge is 2.28. The van der Waals surface area contributed by atoms with Crippen LogP contribution in [-0.4, -0.2) is 33.1 Å². The Hall–Kier alpha value is -1.60. The van der Waals surface area contributed by atoms with Gasteiger partial charge in [-0.1, -0.05) is 26.2 Å². The van der Waals surface area contributed by atoms with Gasteiger partial charge in [0.05, 0.1) is 4.90 Å². The number of sulfonamides is 1. The summed E-state index contributed by atoms with van der Waals surface area (Å²) >= 11 is 0. The van der Waals surface area contributed by atoms with Crippen molar-refractivity contribution in [3.8, 4) is 0 Å². The molecule has 2 amide bonds. The molecule has 2 N–H and O–H groups in total. The molecule has 1 fully saturated rings. The van der Waals surface area contributed by atoms with Crippen molar-refractivity contribution in [1.29, 1.82) is 0 Å².